The van der Waals surface area contributed by atoms with Crippen LogP contribution in [0, 0.1) is 5.41 Å². The molecule has 0 bridgehead atoms. The average Bonchev–Trinajstić information content (AvgIpc) is 3.24. The molecule has 0 radical (unpaired) electrons. The third kappa shape index (κ3) is 4.65. The average molecular weight is 317 g/mol. The first-order valence-electron chi connectivity index (χ1n) is 8.50. The second kappa shape index (κ2) is 7.40. The number of nitrogens with one attached hydrogen (secondary N) is 2. The summed E-state index contributed by atoms with van der Waals surface area (Å²) < 4.78 is 29.8. The molecule has 2 rings (SSSR count). The van der Waals surface area contributed by atoms with Gasteiger partial charge in [-0.05, 0) is 44.1 Å². The van der Waals surface area contributed by atoms with Crippen molar-refractivity contribution >= 4 is 10.2 Å². The van der Waals surface area contributed by atoms with E-state index in [1.807, 2.05) is 0 Å². The molecule has 0 aromatic carbocycles. The Morgan fingerprint density at radius 1 is 1.24 bits per heavy atom. The molecule has 2 N–H and O–H groups in total. The Labute approximate surface area is 130 Å². The van der Waals surface area contributed by atoms with Crippen molar-refractivity contribution in [2.24, 2.45) is 5.41 Å². The molecule has 1 aliphatic heterocycles. The van der Waals surface area contributed by atoms with E-state index in [0.717, 1.165) is 45.2 Å². The molecule has 1 aliphatic carbocycles. The Morgan fingerprint density at radius 3 is 2.62 bits per heavy atom. The maximum atomic E-state index is 12.6. The summed E-state index contributed by atoms with van der Waals surface area (Å²) in [5, 5.41) is 3.29. The van der Waals surface area contributed by atoms with Crippen molar-refractivity contribution in [3.8, 4) is 0 Å². The van der Waals surface area contributed by atoms with Crippen LogP contribution in [0.4, 0.5) is 0 Å². The zero-order valence-electron chi connectivity index (χ0n) is 13.5. The first-order valence-corrected chi connectivity index (χ1v) is 9.94. The third-order valence-corrected chi connectivity index (χ3v) is 6.49. The highest BCUT2D eigenvalue weighted by Gasteiger charge is 2.43. The van der Waals surface area contributed by atoms with E-state index in [-0.39, 0.29) is 11.5 Å². The molecule has 21 heavy (non-hydrogen) atoms. The van der Waals surface area contributed by atoms with Crippen molar-refractivity contribution in [1.82, 2.24) is 14.3 Å². The smallest absolute Gasteiger partial charge is 0.279 e. The molecule has 1 unspecified atom stereocenters. The minimum atomic E-state index is -3.33. The van der Waals surface area contributed by atoms with Gasteiger partial charge in [0.1, 0.15) is 0 Å². The quantitative estimate of drug-likeness (QED) is 0.682. The topological polar surface area (TPSA) is 61.4 Å². The van der Waals surface area contributed by atoms with Crippen molar-refractivity contribution in [3.63, 3.8) is 0 Å². The molecule has 0 aromatic rings. The van der Waals surface area contributed by atoms with E-state index in [2.05, 4.69) is 23.9 Å². The lowest BCUT2D eigenvalue weighted by Crippen LogP contribution is -2.53. The van der Waals surface area contributed by atoms with Crippen molar-refractivity contribution in [3.05, 3.63) is 0 Å². The molecule has 0 amide bonds. The van der Waals surface area contributed by atoms with Crippen LogP contribution in [0.3, 0.4) is 0 Å². The number of nitrogens with zero attached hydrogens (tertiary/aromatic N) is 1. The molecule has 124 valence electrons. The van der Waals surface area contributed by atoms with Crippen LogP contribution in [0.5, 0.6) is 0 Å². The fraction of sp³-hybridized carbons (Fsp3) is 1.00. The minimum Gasteiger partial charge on any atom is -0.315 e. The lowest BCUT2D eigenvalue weighted by atomic mass is 10.0. The molecule has 1 heterocycles. The highest BCUT2D eigenvalue weighted by molar-refractivity contribution is 7.87. The summed E-state index contributed by atoms with van der Waals surface area (Å²) in [5.74, 6) is 0. The number of rotatable bonds is 9. The Hall–Kier alpha value is -0.170. The molecule has 6 heteroatoms. The largest absolute Gasteiger partial charge is 0.315 e. The molecule has 5 nitrogen and oxygen atoms in total. The van der Waals surface area contributed by atoms with Crippen LogP contribution in [0.15, 0.2) is 0 Å². The van der Waals surface area contributed by atoms with Crippen LogP contribution >= 0.6 is 0 Å². The predicted octanol–water partition coefficient (Wildman–Crippen LogP) is 1.87. The van der Waals surface area contributed by atoms with Crippen LogP contribution in [-0.2, 0) is 10.2 Å². The lowest BCUT2D eigenvalue weighted by Gasteiger charge is -2.35. The maximum absolute atomic E-state index is 12.6. The predicted molar refractivity (Wildman–Crippen MR) is 86.4 cm³/mol. The standard InChI is InChI=1S/C15H31N3O2S/c1-3-8-15(9-10-15)13-17-21(19,20)18-11-6-5-7-14(18)12-16-4-2/h14,16-17H,3-13H2,1-2H3. The zero-order valence-corrected chi connectivity index (χ0v) is 14.3. The molecule has 1 saturated carbocycles. The van der Waals surface area contributed by atoms with Crippen molar-refractivity contribution in [1.29, 1.82) is 0 Å². The zero-order chi connectivity index (χ0) is 15.3. The van der Waals surface area contributed by atoms with Crippen LogP contribution in [-0.4, -0.2) is 44.9 Å². The normalized spacial score (nSPS) is 25.9. The molecule has 0 spiro atoms. The fourth-order valence-corrected chi connectivity index (χ4v) is 4.95. The highest BCUT2D eigenvalue weighted by atomic mass is 32.2. The number of likely N-dealkylation sites (N-methyl/N-ethyl adjacent to an activating group) is 1. The van der Waals surface area contributed by atoms with E-state index in [1.54, 1.807) is 4.31 Å². The van der Waals surface area contributed by atoms with Gasteiger partial charge < -0.3 is 5.32 Å². The summed E-state index contributed by atoms with van der Waals surface area (Å²) in [5.41, 5.74) is 0.259. The monoisotopic (exact) mass is 317 g/mol. The maximum Gasteiger partial charge on any atom is 0.279 e. The van der Waals surface area contributed by atoms with Crippen LogP contribution < -0.4 is 10.0 Å². The highest BCUT2D eigenvalue weighted by Crippen LogP contribution is 2.49. The lowest BCUT2D eigenvalue weighted by molar-refractivity contribution is 0.242. The van der Waals surface area contributed by atoms with Crippen LogP contribution in [0.2, 0.25) is 0 Å². The summed E-state index contributed by atoms with van der Waals surface area (Å²) in [4.78, 5) is 0. The van der Waals surface area contributed by atoms with Gasteiger partial charge >= 0.3 is 0 Å². The van der Waals surface area contributed by atoms with Gasteiger partial charge in [-0.25, -0.2) is 4.72 Å². The summed E-state index contributed by atoms with van der Waals surface area (Å²) in [7, 11) is -3.33. The van der Waals surface area contributed by atoms with Crippen molar-refractivity contribution in [2.45, 2.75) is 64.8 Å². The van der Waals surface area contributed by atoms with Gasteiger partial charge in [-0.2, -0.15) is 12.7 Å². The van der Waals surface area contributed by atoms with Gasteiger partial charge in [-0.1, -0.05) is 26.7 Å². The van der Waals surface area contributed by atoms with E-state index in [4.69, 9.17) is 0 Å². The Kier molecular flexibility index (Phi) is 6.05. The summed E-state index contributed by atoms with van der Waals surface area (Å²) in [6, 6.07) is 0.109. The SMILES string of the molecule is CCCC1(CNS(=O)(=O)N2CCCCC2CNCC)CC1. The van der Waals surface area contributed by atoms with Crippen LogP contribution in [0.25, 0.3) is 0 Å². The number of piperidine rings is 1. The molecule has 1 saturated heterocycles. The third-order valence-electron chi connectivity index (χ3n) is 4.88. The first kappa shape index (κ1) is 17.2. The first-order chi connectivity index (χ1) is 10.0. The Bertz CT molecular complexity index is 421. The van der Waals surface area contributed by atoms with Gasteiger partial charge in [0, 0.05) is 25.7 Å². The number of hydrogen-bond donors (Lipinski definition) is 2. The minimum absolute atomic E-state index is 0.109. The molecule has 1 atom stereocenters. The molecular formula is C15H31N3O2S. The second-order valence-corrected chi connectivity index (χ2v) is 8.35. The van der Waals surface area contributed by atoms with Gasteiger partial charge in [-0.15, -0.1) is 0 Å². The van der Waals surface area contributed by atoms with Gasteiger partial charge in [0.2, 0.25) is 0 Å². The van der Waals surface area contributed by atoms with Gasteiger partial charge in [0.15, 0.2) is 0 Å². The summed E-state index contributed by atoms with van der Waals surface area (Å²) in [6.45, 7) is 7.15. The molecule has 2 aliphatic rings. The summed E-state index contributed by atoms with van der Waals surface area (Å²) in [6.07, 6.45) is 7.68. The van der Waals surface area contributed by atoms with E-state index in [1.165, 1.54) is 12.8 Å². The van der Waals surface area contributed by atoms with Crippen LogP contribution in [0.1, 0.15) is 58.8 Å². The van der Waals surface area contributed by atoms with Gasteiger partial charge in [0.05, 0.1) is 0 Å². The van der Waals surface area contributed by atoms with E-state index < -0.39 is 10.2 Å². The number of hydrogen-bond acceptors (Lipinski definition) is 3. The fourth-order valence-electron chi connectivity index (χ4n) is 3.35. The van der Waals surface area contributed by atoms with Crippen molar-refractivity contribution < 1.29 is 8.42 Å². The van der Waals surface area contributed by atoms with Crippen molar-refractivity contribution in [2.75, 3.05) is 26.2 Å². The molecular weight excluding hydrogens is 286 g/mol. The van der Waals surface area contributed by atoms with Gasteiger partial charge in [0.25, 0.3) is 10.2 Å². The Morgan fingerprint density at radius 2 is 2.00 bits per heavy atom. The molecule has 0 aromatic heterocycles. The second-order valence-electron chi connectivity index (χ2n) is 6.64. The van der Waals surface area contributed by atoms with E-state index >= 15 is 0 Å². The van der Waals surface area contributed by atoms with E-state index in [9.17, 15) is 8.42 Å². The molecule has 2 fully saturated rings. The summed E-state index contributed by atoms with van der Waals surface area (Å²) >= 11 is 0. The van der Waals surface area contributed by atoms with Gasteiger partial charge in [-0.3, -0.25) is 0 Å². The van der Waals surface area contributed by atoms with E-state index in [0.29, 0.717) is 13.1 Å². The Balaban J connectivity index is 1.92.